The Morgan fingerprint density at radius 1 is 1.22 bits per heavy atom. The number of aliphatic hydroxyl groups is 1. The van der Waals surface area contributed by atoms with E-state index in [2.05, 4.69) is 10.0 Å². The molecule has 2 unspecified atom stereocenters. The van der Waals surface area contributed by atoms with Crippen LogP contribution in [0.2, 0.25) is 0 Å². The highest BCUT2D eigenvalue weighted by atomic mass is 32.2. The van der Waals surface area contributed by atoms with Crippen molar-refractivity contribution in [1.29, 1.82) is 0 Å². The minimum absolute atomic E-state index is 0.122. The third kappa shape index (κ3) is 4.29. The molecular formula is C12H20N2O3S. The molecule has 0 spiro atoms. The molecule has 0 aromatic heterocycles. The van der Waals surface area contributed by atoms with Crippen LogP contribution in [0.4, 0.5) is 5.69 Å². The van der Waals surface area contributed by atoms with Crippen molar-refractivity contribution in [2.45, 2.75) is 37.3 Å². The summed E-state index contributed by atoms with van der Waals surface area (Å²) in [6.07, 6.45) is 0.271. The van der Waals surface area contributed by atoms with E-state index in [1.807, 2.05) is 6.92 Å². The van der Waals surface area contributed by atoms with E-state index < -0.39 is 10.0 Å². The highest BCUT2D eigenvalue weighted by molar-refractivity contribution is 7.89. The molecule has 0 saturated heterocycles. The van der Waals surface area contributed by atoms with E-state index >= 15 is 0 Å². The van der Waals surface area contributed by atoms with Gasteiger partial charge < -0.3 is 10.4 Å². The van der Waals surface area contributed by atoms with Gasteiger partial charge in [-0.05, 0) is 51.6 Å². The lowest BCUT2D eigenvalue weighted by atomic mass is 10.1. The van der Waals surface area contributed by atoms with Crippen molar-refractivity contribution in [3.05, 3.63) is 24.3 Å². The molecule has 0 aliphatic carbocycles. The zero-order valence-electron chi connectivity index (χ0n) is 10.8. The number of hydrogen-bond donors (Lipinski definition) is 3. The minimum atomic E-state index is -3.38. The van der Waals surface area contributed by atoms with Crippen LogP contribution in [-0.2, 0) is 10.0 Å². The van der Waals surface area contributed by atoms with Crippen molar-refractivity contribution < 1.29 is 13.5 Å². The van der Waals surface area contributed by atoms with E-state index in [9.17, 15) is 13.5 Å². The second-order valence-corrected chi connectivity index (χ2v) is 6.25. The van der Waals surface area contributed by atoms with E-state index in [4.69, 9.17) is 0 Å². The summed E-state index contributed by atoms with van der Waals surface area (Å²) in [5.41, 5.74) is 0.832. The van der Waals surface area contributed by atoms with Crippen LogP contribution in [-0.4, -0.2) is 32.7 Å². The molecule has 0 amide bonds. The zero-order valence-corrected chi connectivity index (χ0v) is 11.7. The summed E-state index contributed by atoms with van der Waals surface area (Å²) in [6, 6.07) is 6.63. The fraction of sp³-hybridized carbons (Fsp3) is 0.500. The van der Waals surface area contributed by atoms with Crippen LogP contribution in [0.15, 0.2) is 29.2 Å². The number of nitrogens with one attached hydrogen (secondary N) is 2. The fourth-order valence-corrected chi connectivity index (χ4v) is 2.43. The van der Waals surface area contributed by atoms with Crippen LogP contribution in [0.3, 0.4) is 0 Å². The molecule has 1 aromatic rings. The van der Waals surface area contributed by atoms with Gasteiger partial charge in [0.15, 0.2) is 0 Å². The highest BCUT2D eigenvalue weighted by Gasteiger charge is 2.11. The second kappa shape index (κ2) is 6.17. The Labute approximate surface area is 108 Å². The maximum Gasteiger partial charge on any atom is 0.240 e. The Morgan fingerprint density at radius 2 is 1.78 bits per heavy atom. The molecule has 0 fully saturated rings. The van der Waals surface area contributed by atoms with Crippen LogP contribution in [0.5, 0.6) is 0 Å². The van der Waals surface area contributed by atoms with E-state index in [0.29, 0.717) is 6.42 Å². The van der Waals surface area contributed by atoms with E-state index in [1.165, 1.54) is 7.05 Å². The third-order valence-corrected chi connectivity index (χ3v) is 3.97. The molecule has 0 bridgehead atoms. The molecule has 0 radical (unpaired) electrons. The summed E-state index contributed by atoms with van der Waals surface area (Å²) in [5, 5.41) is 12.5. The average Bonchev–Trinajstić information content (AvgIpc) is 2.28. The molecule has 0 saturated carbocycles. The van der Waals surface area contributed by atoms with Gasteiger partial charge in [0, 0.05) is 11.7 Å². The number of anilines is 1. The largest absolute Gasteiger partial charge is 0.393 e. The van der Waals surface area contributed by atoms with Gasteiger partial charge in [0.1, 0.15) is 0 Å². The lowest BCUT2D eigenvalue weighted by molar-refractivity contribution is 0.179. The third-order valence-electron chi connectivity index (χ3n) is 2.54. The first-order valence-electron chi connectivity index (χ1n) is 5.83. The van der Waals surface area contributed by atoms with E-state index in [1.54, 1.807) is 31.2 Å². The smallest absolute Gasteiger partial charge is 0.240 e. The first kappa shape index (κ1) is 14.9. The molecule has 5 nitrogen and oxygen atoms in total. The predicted octanol–water partition coefficient (Wildman–Crippen LogP) is 1.17. The summed E-state index contributed by atoms with van der Waals surface area (Å²) in [7, 11) is -2.00. The number of hydrogen-bond acceptors (Lipinski definition) is 4. The average molecular weight is 272 g/mol. The number of rotatable bonds is 6. The van der Waals surface area contributed by atoms with Crippen LogP contribution in [0.1, 0.15) is 20.3 Å². The summed E-state index contributed by atoms with van der Waals surface area (Å²) >= 11 is 0. The maximum absolute atomic E-state index is 11.5. The molecule has 0 aliphatic rings. The van der Waals surface area contributed by atoms with Gasteiger partial charge >= 0.3 is 0 Å². The maximum atomic E-state index is 11.5. The highest BCUT2D eigenvalue weighted by Crippen LogP contribution is 2.15. The van der Waals surface area contributed by atoms with Gasteiger partial charge in [-0.2, -0.15) is 0 Å². The summed E-state index contributed by atoms with van der Waals surface area (Å²) in [6.45, 7) is 3.70. The molecule has 1 rings (SSSR count). The topological polar surface area (TPSA) is 78.4 Å². The van der Waals surface area contributed by atoms with Crippen molar-refractivity contribution in [2.24, 2.45) is 0 Å². The summed E-state index contributed by atoms with van der Waals surface area (Å²) in [4.78, 5) is 0.235. The molecule has 0 aliphatic heterocycles. The Hall–Kier alpha value is -1.11. The minimum Gasteiger partial charge on any atom is -0.393 e. The molecule has 1 aromatic carbocycles. The van der Waals surface area contributed by atoms with Crippen LogP contribution >= 0.6 is 0 Å². The van der Waals surface area contributed by atoms with E-state index in [-0.39, 0.29) is 17.0 Å². The Kier molecular flexibility index (Phi) is 5.13. The van der Waals surface area contributed by atoms with Gasteiger partial charge in [0.25, 0.3) is 0 Å². The number of sulfonamides is 1. The molecule has 102 valence electrons. The van der Waals surface area contributed by atoms with Crippen molar-refractivity contribution in [1.82, 2.24) is 4.72 Å². The van der Waals surface area contributed by atoms with Gasteiger partial charge in [-0.3, -0.25) is 0 Å². The summed E-state index contributed by atoms with van der Waals surface area (Å²) < 4.78 is 25.3. The zero-order chi connectivity index (χ0) is 13.8. The standard InChI is InChI=1S/C12H20N2O3S/c1-9(8-10(2)15)14-11-4-6-12(7-5-11)18(16,17)13-3/h4-7,9-10,13-15H,8H2,1-3H3. The van der Waals surface area contributed by atoms with Crippen molar-refractivity contribution in [3.63, 3.8) is 0 Å². The van der Waals surface area contributed by atoms with Gasteiger partial charge in [0.2, 0.25) is 10.0 Å². The molecule has 0 heterocycles. The van der Waals surface area contributed by atoms with E-state index in [0.717, 1.165) is 5.69 Å². The van der Waals surface area contributed by atoms with Gasteiger partial charge in [-0.1, -0.05) is 0 Å². The van der Waals surface area contributed by atoms with Crippen LogP contribution < -0.4 is 10.0 Å². The predicted molar refractivity (Wildman–Crippen MR) is 72.1 cm³/mol. The first-order valence-corrected chi connectivity index (χ1v) is 7.31. The first-order chi connectivity index (χ1) is 8.35. The van der Waals surface area contributed by atoms with Crippen molar-refractivity contribution >= 4 is 15.7 Å². The molecule has 18 heavy (non-hydrogen) atoms. The lowest BCUT2D eigenvalue weighted by Gasteiger charge is -2.16. The molecule has 6 heteroatoms. The van der Waals surface area contributed by atoms with Crippen molar-refractivity contribution in [2.75, 3.05) is 12.4 Å². The SMILES string of the molecule is CNS(=O)(=O)c1ccc(NC(C)CC(C)O)cc1. The molecule has 3 N–H and O–H groups in total. The Morgan fingerprint density at radius 3 is 2.22 bits per heavy atom. The fourth-order valence-electron chi connectivity index (χ4n) is 1.70. The molecular weight excluding hydrogens is 252 g/mol. The van der Waals surface area contributed by atoms with Gasteiger partial charge in [-0.15, -0.1) is 0 Å². The van der Waals surface area contributed by atoms with Crippen LogP contribution in [0.25, 0.3) is 0 Å². The number of benzene rings is 1. The lowest BCUT2D eigenvalue weighted by Crippen LogP contribution is -2.21. The normalized spacial score (nSPS) is 15.1. The molecule has 2 atom stereocenters. The Balaban J connectivity index is 2.72. The number of aliphatic hydroxyl groups excluding tert-OH is 1. The monoisotopic (exact) mass is 272 g/mol. The van der Waals surface area contributed by atoms with Gasteiger partial charge in [-0.25, -0.2) is 13.1 Å². The second-order valence-electron chi connectivity index (χ2n) is 4.36. The van der Waals surface area contributed by atoms with Crippen molar-refractivity contribution in [3.8, 4) is 0 Å². The Bertz CT molecular complexity index is 469. The van der Waals surface area contributed by atoms with Crippen LogP contribution in [0, 0.1) is 0 Å². The summed E-state index contributed by atoms with van der Waals surface area (Å²) in [5.74, 6) is 0. The quantitative estimate of drug-likeness (QED) is 0.726. The van der Waals surface area contributed by atoms with Gasteiger partial charge in [0.05, 0.1) is 11.0 Å².